The fraction of sp³-hybridized carbons (Fsp3) is 0.364. The molecule has 6 nitrogen and oxygen atoms in total. The number of carbonyl (C=O) groups excluding carboxylic acids is 1. The molecule has 0 saturated heterocycles. The van der Waals surface area contributed by atoms with Crippen molar-refractivity contribution in [2.45, 2.75) is 44.5 Å². The number of benzene rings is 1. The predicted octanol–water partition coefficient (Wildman–Crippen LogP) is 6.08. The Balaban J connectivity index is 1.25. The third-order valence-electron chi connectivity index (χ3n) is 5.08. The van der Waals surface area contributed by atoms with E-state index in [1.807, 2.05) is 0 Å². The van der Waals surface area contributed by atoms with Gasteiger partial charge in [-0.2, -0.15) is 18.3 Å². The highest BCUT2D eigenvalue weighted by Gasteiger charge is 2.37. The SMILES string of the molecule is O=C(NCCCn1nc(C(F)(F)F)cc1C1CC1)c1ccc(COc2ccc(Cl)cc2Cl)o1. The molecule has 1 aliphatic rings. The molecule has 1 amide bonds. The number of aryl methyl sites for hydroxylation is 1. The van der Waals surface area contributed by atoms with Gasteiger partial charge in [-0.1, -0.05) is 23.2 Å². The van der Waals surface area contributed by atoms with Crippen molar-refractivity contribution in [3.05, 3.63) is 69.4 Å². The summed E-state index contributed by atoms with van der Waals surface area (Å²) in [6.45, 7) is 0.609. The lowest BCUT2D eigenvalue weighted by molar-refractivity contribution is -0.141. The third-order valence-corrected chi connectivity index (χ3v) is 5.61. The van der Waals surface area contributed by atoms with Crippen LogP contribution in [0.3, 0.4) is 0 Å². The average Bonchev–Trinajstić information content (AvgIpc) is 3.31. The first-order valence-corrected chi connectivity index (χ1v) is 11.1. The lowest BCUT2D eigenvalue weighted by Gasteiger charge is -2.08. The van der Waals surface area contributed by atoms with Gasteiger partial charge in [0.05, 0.1) is 5.02 Å². The number of amides is 1. The highest BCUT2D eigenvalue weighted by molar-refractivity contribution is 6.35. The van der Waals surface area contributed by atoms with Crippen LogP contribution in [-0.2, 0) is 19.3 Å². The van der Waals surface area contributed by atoms with Gasteiger partial charge in [0.15, 0.2) is 11.5 Å². The van der Waals surface area contributed by atoms with Crippen LogP contribution in [0.15, 0.2) is 40.8 Å². The zero-order valence-electron chi connectivity index (χ0n) is 17.3. The van der Waals surface area contributed by atoms with E-state index < -0.39 is 17.8 Å². The third kappa shape index (κ3) is 6.03. The number of halogens is 5. The zero-order valence-corrected chi connectivity index (χ0v) is 18.8. The minimum atomic E-state index is -4.47. The number of nitrogens with one attached hydrogen (secondary N) is 1. The molecule has 1 N–H and O–H groups in total. The maximum atomic E-state index is 13.0. The summed E-state index contributed by atoms with van der Waals surface area (Å²) in [5, 5.41) is 7.25. The lowest BCUT2D eigenvalue weighted by Crippen LogP contribution is -2.25. The first kappa shape index (κ1) is 23.5. The van der Waals surface area contributed by atoms with E-state index in [9.17, 15) is 18.0 Å². The van der Waals surface area contributed by atoms with Crippen molar-refractivity contribution in [1.82, 2.24) is 15.1 Å². The Morgan fingerprint density at radius 1 is 1.21 bits per heavy atom. The number of ether oxygens (including phenoxy) is 1. The van der Waals surface area contributed by atoms with Gasteiger partial charge in [0.1, 0.15) is 18.1 Å². The van der Waals surface area contributed by atoms with E-state index in [0.717, 1.165) is 18.9 Å². The molecule has 0 atom stereocenters. The monoisotopic (exact) mass is 501 g/mol. The number of nitrogens with zero attached hydrogens (tertiary/aromatic N) is 2. The van der Waals surface area contributed by atoms with Crippen molar-refractivity contribution in [3.63, 3.8) is 0 Å². The minimum absolute atomic E-state index is 0.0689. The Kier molecular flexibility index (Phi) is 6.90. The molecule has 0 bridgehead atoms. The van der Waals surface area contributed by atoms with Crippen molar-refractivity contribution in [2.24, 2.45) is 0 Å². The highest BCUT2D eigenvalue weighted by atomic mass is 35.5. The normalized spacial score (nSPS) is 13.8. The van der Waals surface area contributed by atoms with Crippen LogP contribution in [0.25, 0.3) is 0 Å². The van der Waals surface area contributed by atoms with Gasteiger partial charge in [0.25, 0.3) is 5.91 Å². The quantitative estimate of drug-likeness (QED) is 0.361. The fourth-order valence-corrected chi connectivity index (χ4v) is 3.76. The van der Waals surface area contributed by atoms with Gasteiger partial charge in [0, 0.05) is 29.7 Å². The van der Waals surface area contributed by atoms with Crippen LogP contribution in [0.4, 0.5) is 13.2 Å². The van der Waals surface area contributed by atoms with Crippen LogP contribution in [0.5, 0.6) is 5.75 Å². The lowest BCUT2D eigenvalue weighted by atomic mass is 10.2. The van der Waals surface area contributed by atoms with E-state index in [0.29, 0.717) is 33.7 Å². The first-order valence-electron chi connectivity index (χ1n) is 10.3. The number of aromatic nitrogens is 2. The molecule has 11 heteroatoms. The maximum Gasteiger partial charge on any atom is 0.435 e. The van der Waals surface area contributed by atoms with E-state index in [2.05, 4.69) is 10.4 Å². The molecule has 176 valence electrons. The van der Waals surface area contributed by atoms with Gasteiger partial charge in [0.2, 0.25) is 0 Å². The number of rotatable bonds is 9. The Morgan fingerprint density at radius 2 is 2.00 bits per heavy atom. The van der Waals surface area contributed by atoms with Gasteiger partial charge in [-0.05, 0) is 55.7 Å². The first-order chi connectivity index (χ1) is 15.7. The van der Waals surface area contributed by atoms with E-state index in [4.69, 9.17) is 32.4 Å². The van der Waals surface area contributed by atoms with Crippen LogP contribution in [0.2, 0.25) is 10.0 Å². The van der Waals surface area contributed by atoms with Crippen LogP contribution in [0, 0.1) is 0 Å². The van der Waals surface area contributed by atoms with Crippen LogP contribution in [-0.4, -0.2) is 22.2 Å². The highest BCUT2D eigenvalue weighted by Crippen LogP contribution is 2.42. The minimum Gasteiger partial charge on any atom is -0.484 e. The summed E-state index contributed by atoms with van der Waals surface area (Å²) < 4.78 is 51.4. The second kappa shape index (κ2) is 9.69. The topological polar surface area (TPSA) is 69.3 Å². The molecule has 1 fully saturated rings. The van der Waals surface area contributed by atoms with Gasteiger partial charge < -0.3 is 14.5 Å². The summed E-state index contributed by atoms with van der Waals surface area (Å²) in [6.07, 6.45) is -2.30. The standard InChI is InChI=1S/C22H20Cl2F3N3O3/c23-14-4-6-18(16(24)10-14)32-12-15-5-7-19(33-15)21(31)28-8-1-9-30-17(13-2-3-13)11-20(29-30)22(25,26)27/h4-7,10-11,13H,1-3,8-9,12H2,(H,28,31). The van der Waals surface area contributed by atoms with Gasteiger partial charge in [-0.3, -0.25) is 9.48 Å². The molecule has 1 aliphatic carbocycles. The molecule has 0 spiro atoms. The summed E-state index contributed by atoms with van der Waals surface area (Å²) in [4.78, 5) is 12.3. The largest absolute Gasteiger partial charge is 0.484 e. The molecule has 0 aliphatic heterocycles. The zero-order chi connectivity index (χ0) is 23.6. The molecule has 3 aromatic rings. The summed E-state index contributed by atoms with van der Waals surface area (Å²) in [7, 11) is 0. The number of furan rings is 1. The number of hydrogen-bond donors (Lipinski definition) is 1. The predicted molar refractivity (Wildman–Crippen MR) is 116 cm³/mol. The smallest absolute Gasteiger partial charge is 0.435 e. The van der Waals surface area contributed by atoms with Crippen molar-refractivity contribution >= 4 is 29.1 Å². The number of carbonyl (C=O) groups is 1. The van der Waals surface area contributed by atoms with E-state index >= 15 is 0 Å². The molecule has 0 unspecified atom stereocenters. The maximum absolute atomic E-state index is 13.0. The molecule has 33 heavy (non-hydrogen) atoms. The van der Waals surface area contributed by atoms with Crippen LogP contribution in [0.1, 0.15) is 52.9 Å². The fourth-order valence-electron chi connectivity index (χ4n) is 3.29. The van der Waals surface area contributed by atoms with Crippen molar-refractivity contribution in [1.29, 1.82) is 0 Å². The summed E-state index contributed by atoms with van der Waals surface area (Å²) >= 11 is 11.9. The van der Waals surface area contributed by atoms with Crippen LogP contribution < -0.4 is 10.1 Å². The van der Waals surface area contributed by atoms with Crippen molar-refractivity contribution in [2.75, 3.05) is 6.54 Å². The summed E-state index contributed by atoms with van der Waals surface area (Å²) in [5.41, 5.74) is -0.274. The molecular weight excluding hydrogens is 482 g/mol. The molecule has 1 aromatic carbocycles. The van der Waals surface area contributed by atoms with Crippen molar-refractivity contribution in [3.8, 4) is 5.75 Å². The Labute approximate surface area is 197 Å². The van der Waals surface area contributed by atoms with E-state index in [1.54, 1.807) is 24.3 Å². The Bertz CT molecular complexity index is 1140. The second-order valence-corrected chi connectivity index (χ2v) is 8.53. The molecule has 0 radical (unpaired) electrons. The van der Waals surface area contributed by atoms with Crippen molar-refractivity contribution < 1.29 is 27.1 Å². The van der Waals surface area contributed by atoms with E-state index in [-0.39, 0.29) is 31.4 Å². The molecule has 1 saturated carbocycles. The molecule has 4 rings (SSSR count). The molecule has 2 heterocycles. The Morgan fingerprint density at radius 3 is 2.70 bits per heavy atom. The summed E-state index contributed by atoms with van der Waals surface area (Å²) in [5.74, 6) is 0.671. The Hall–Kier alpha value is -2.65. The number of alkyl halides is 3. The van der Waals surface area contributed by atoms with Gasteiger partial charge >= 0.3 is 6.18 Å². The summed E-state index contributed by atoms with van der Waals surface area (Å²) in [6, 6.07) is 9.09. The van der Waals surface area contributed by atoms with E-state index in [1.165, 1.54) is 10.7 Å². The average molecular weight is 502 g/mol. The molecule has 2 aromatic heterocycles. The second-order valence-electron chi connectivity index (χ2n) is 7.69. The van der Waals surface area contributed by atoms with Gasteiger partial charge in [-0.15, -0.1) is 0 Å². The van der Waals surface area contributed by atoms with Gasteiger partial charge in [-0.25, -0.2) is 0 Å². The number of hydrogen-bond acceptors (Lipinski definition) is 4. The van der Waals surface area contributed by atoms with Crippen LogP contribution >= 0.6 is 23.2 Å². The molecular formula is C22H20Cl2F3N3O3.